The fourth-order valence-electron chi connectivity index (χ4n) is 6.65. The van der Waals surface area contributed by atoms with Crippen molar-refractivity contribution in [3.8, 4) is 22.5 Å². The van der Waals surface area contributed by atoms with E-state index in [1.807, 2.05) is 12.1 Å². The SMILES string of the molecule is CC1=CC(C)(C)Nc2ccc3c(-c4ccc(CN5CCC6(CC5)OCCO6)cc4)c4ccc(=[NH2+])cc-4oc3c21. The summed E-state index contributed by atoms with van der Waals surface area (Å²) in [6.45, 7) is 10.9. The lowest BCUT2D eigenvalue weighted by molar-refractivity contribution is -0.185. The van der Waals surface area contributed by atoms with E-state index in [0.29, 0.717) is 5.36 Å². The Balaban J connectivity index is 1.27. The van der Waals surface area contributed by atoms with Crippen LogP contribution in [0.1, 0.15) is 44.7 Å². The molecule has 6 heteroatoms. The number of nitrogens with one attached hydrogen (secondary N) is 1. The highest BCUT2D eigenvalue weighted by atomic mass is 16.7. The zero-order valence-electron chi connectivity index (χ0n) is 23.0. The van der Waals surface area contributed by atoms with Crippen LogP contribution in [0.25, 0.3) is 39.0 Å². The molecule has 0 bridgehead atoms. The van der Waals surface area contributed by atoms with Gasteiger partial charge in [0.05, 0.1) is 24.8 Å². The fraction of sp³-hybridized carbons (Fsp3) is 0.364. The Morgan fingerprint density at radius 3 is 2.41 bits per heavy atom. The Hall–Kier alpha value is -3.45. The molecule has 1 spiro atoms. The van der Waals surface area contributed by atoms with Crippen molar-refractivity contribution < 1.29 is 19.3 Å². The minimum atomic E-state index is -0.331. The molecule has 2 aromatic rings. The number of hydrogen-bond acceptors (Lipinski definition) is 5. The lowest BCUT2D eigenvalue weighted by atomic mass is 9.87. The predicted molar refractivity (Wildman–Crippen MR) is 154 cm³/mol. The van der Waals surface area contributed by atoms with Gasteiger partial charge in [0.25, 0.3) is 0 Å². The fourth-order valence-corrected chi connectivity index (χ4v) is 6.65. The third-order valence-electron chi connectivity index (χ3n) is 8.42. The van der Waals surface area contributed by atoms with Gasteiger partial charge in [0.2, 0.25) is 0 Å². The van der Waals surface area contributed by atoms with E-state index >= 15 is 0 Å². The average molecular weight is 523 g/mol. The molecule has 0 atom stereocenters. The summed E-state index contributed by atoms with van der Waals surface area (Å²) in [6, 6.07) is 19.4. The number of nitrogens with two attached hydrogens (primary N) is 1. The van der Waals surface area contributed by atoms with E-state index in [1.54, 1.807) is 0 Å². The molecule has 0 amide bonds. The minimum Gasteiger partial charge on any atom is -0.455 e. The number of likely N-dealkylation sites (tertiary alicyclic amines) is 1. The molecule has 0 aromatic heterocycles. The summed E-state index contributed by atoms with van der Waals surface area (Å²) in [6.07, 6.45) is 4.14. The Labute approximate surface area is 229 Å². The zero-order chi connectivity index (χ0) is 26.8. The van der Waals surface area contributed by atoms with Gasteiger partial charge >= 0.3 is 0 Å². The Kier molecular flexibility index (Phi) is 5.70. The van der Waals surface area contributed by atoms with Crippen LogP contribution in [-0.4, -0.2) is 42.5 Å². The Bertz CT molecular complexity index is 1620. The molecule has 0 saturated carbocycles. The minimum absolute atomic E-state index is 0.114. The summed E-state index contributed by atoms with van der Waals surface area (Å²) in [7, 11) is 0. The second kappa shape index (κ2) is 9.05. The number of nitrogens with zero attached hydrogens (tertiary/aromatic N) is 1. The molecule has 3 N–H and O–H groups in total. The van der Waals surface area contributed by atoms with Gasteiger partial charge in [0.15, 0.2) is 11.1 Å². The van der Waals surface area contributed by atoms with Gasteiger partial charge in [-0.2, -0.15) is 0 Å². The van der Waals surface area contributed by atoms with Crippen LogP contribution in [0.4, 0.5) is 5.69 Å². The first-order chi connectivity index (χ1) is 18.8. The summed E-state index contributed by atoms with van der Waals surface area (Å²) in [4.78, 5) is 2.50. The summed E-state index contributed by atoms with van der Waals surface area (Å²) in [5, 5.41) is 11.7. The van der Waals surface area contributed by atoms with Gasteiger partial charge < -0.3 is 19.2 Å². The number of piperidine rings is 1. The van der Waals surface area contributed by atoms with Crippen molar-refractivity contribution in [2.45, 2.75) is 51.5 Å². The maximum atomic E-state index is 6.60. The molecule has 1 aliphatic carbocycles. The maximum Gasteiger partial charge on any atom is 0.200 e. The van der Waals surface area contributed by atoms with Gasteiger partial charge in [-0.15, -0.1) is 0 Å². The van der Waals surface area contributed by atoms with Crippen LogP contribution in [0.5, 0.6) is 0 Å². The summed E-state index contributed by atoms with van der Waals surface area (Å²) < 4.78 is 18.4. The van der Waals surface area contributed by atoms with Gasteiger partial charge in [-0.1, -0.05) is 30.3 Å². The third-order valence-corrected chi connectivity index (χ3v) is 8.42. The lowest BCUT2D eigenvalue weighted by Gasteiger charge is -2.37. The highest BCUT2D eigenvalue weighted by Crippen LogP contribution is 2.45. The van der Waals surface area contributed by atoms with E-state index in [-0.39, 0.29) is 11.3 Å². The highest BCUT2D eigenvalue weighted by Gasteiger charge is 2.39. The summed E-state index contributed by atoms with van der Waals surface area (Å²) >= 11 is 0. The van der Waals surface area contributed by atoms with E-state index in [2.05, 4.69) is 79.5 Å². The topological polar surface area (TPSA) is 72.5 Å². The number of benzene rings is 3. The molecule has 6 nitrogen and oxygen atoms in total. The molecule has 0 unspecified atom stereocenters. The molecule has 0 radical (unpaired) electrons. The Morgan fingerprint density at radius 2 is 1.67 bits per heavy atom. The number of allylic oxidation sites excluding steroid dienone is 1. The smallest absolute Gasteiger partial charge is 0.200 e. The average Bonchev–Trinajstić information content (AvgIpc) is 3.36. The van der Waals surface area contributed by atoms with E-state index in [0.717, 1.165) is 79.2 Å². The van der Waals surface area contributed by atoms with Crippen LogP contribution < -0.4 is 16.1 Å². The van der Waals surface area contributed by atoms with Crippen molar-refractivity contribution in [2.24, 2.45) is 0 Å². The van der Waals surface area contributed by atoms with E-state index < -0.39 is 0 Å². The molecule has 39 heavy (non-hydrogen) atoms. The van der Waals surface area contributed by atoms with Crippen LogP contribution >= 0.6 is 0 Å². The summed E-state index contributed by atoms with van der Waals surface area (Å²) in [5.41, 5.74) is 8.92. The van der Waals surface area contributed by atoms with Crippen molar-refractivity contribution in [2.75, 3.05) is 31.6 Å². The number of anilines is 1. The normalized spacial score (nSPS) is 20.2. The van der Waals surface area contributed by atoms with Crippen molar-refractivity contribution in [1.82, 2.24) is 4.90 Å². The molecular weight excluding hydrogens is 486 g/mol. The Morgan fingerprint density at radius 1 is 0.923 bits per heavy atom. The molecule has 4 heterocycles. The van der Waals surface area contributed by atoms with Crippen molar-refractivity contribution in [1.29, 1.82) is 0 Å². The second-order valence-corrected chi connectivity index (χ2v) is 11.9. The van der Waals surface area contributed by atoms with Crippen LogP contribution in [0, 0.1) is 0 Å². The molecule has 200 valence electrons. The second-order valence-electron chi connectivity index (χ2n) is 11.9. The van der Waals surface area contributed by atoms with Gasteiger partial charge in [0.1, 0.15) is 11.3 Å². The molecule has 2 saturated heterocycles. The van der Waals surface area contributed by atoms with Crippen LogP contribution in [0.15, 0.2) is 65.1 Å². The predicted octanol–water partition coefficient (Wildman–Crippen LogP) is 4.81. The molecule has 2 fully saturated rings. The van der Waals surface area contributed by atoms with Gasteiger partial charge in [-0.3, -0.25) is 10.3 Å². The van der Waals surface area contributed by atoms with Crippen LogP contribution in [0.3, 0.4) is 0 Å². The highest BCUT2D eigenvalue weighted by molar-refractivity contribution is 6.07. The molecule has 2 aromatic carbocycles. The zero-order valence-corrected chi connectivity index (χ0v) is 23.0. The van der Waals surface area contributed by atoms with E-state index in [9.17, 15) is 0 Å². The molecule has 7 rings (SSSR count). The third kappa shape index (κ3) is 4.37. The van der Waals surface area contributed by atoms with E-state index in [1.165, 1.54) is 22.3 Å². The van der Waals surface area contributed by atoms with Gasteiger partial charge in [-0.05, 0) is 55.7 Å². The van der Waals surface area contributed by atoms with Crippen molar-refractivity contribution in [3.63, 3.8) is 0 Å². The monoisotopic (exact) mass is 522 g/mol. The lowest BCUT2D eigenvalue weighted by Crippen LogP contribution is -2.44. The molecular formula is C33H36N3O3+. The molecule has 5 aliphatic rings. The summed E-state index contributed by atoms with van der Waals surface area (Å²) in [5.74, 6) is 0.466. The maximum absolute atomic E-state index is 6.60. The first kappa shape index (κ1) is 24.6. The first-order valence-electron chi connectivity index (χ1n) is 14.0. The number of hydrogen-bond donors (Lipinski definition) is 2. The molecule has 4 aliphatic heterocycles. The van der Waals surface area contributed by atoms with Crippen molar-refractivity contribution in [3.05, 3.63) is 77.2 Å². The van der Waals surface area contributed by atoms with Crippen molar-refractivity contribution >= 4 is 22.2 Å². The van der Waals surface area contributed by atoms with Gasteiger partial charge in [-0.25, -0.2) is 0 Å². The quantitative estimate of drug-likeness (QED) is 0.378. The standard InChI is InChI=1S/C33H35N3O3/c1-21-19-32(2,3)35-27-11-10-26-30(25-9-8-24(34)18-28(25)39-31(26)29(21)27)23-6-4-22(5-7-23)20-36-14-12-33(13-15-36)37-16-17-38-33/h4-11,18-19,34-35H,12-17,20H2,1-3H3/p+1. The number of rotatable bonds is 3. The number of ether oxygens (including phenoxy) is 2. The van der Waals surface area contributed by atoms with Crippen LogP contribution in [0.2, 0.25) is 0 Å². The number of fused-ring (bicyclic) bond motifs is 4. The van der Waals surface area contributed by atoms with Crippen LogP contribution in [-0.2, 0) is 16.0 Å². The largest absolute Gasteiger partial charge is 0.455 e. The first-order valence-corrected chi connectivity index (χ1v) is 14.0. The van der Waals surface area contributed by atoms with Gasteiger partial charge in [0, 0.05) is 66.3 Å². The van der Waals surface area contributed by atoms with E-state index in [4.69, 9.17) is 19.3 Å².